The number of benzene rings is 2. The number of amides is 1. The van der Waals surface area contributed by atoms with Crippen molar-refractivity contribution in [2.45, 2.75) is 70.9 Å². The lowest BCUT2D eigenvalue weighted by atomic mass is 9.97. The Balaban J connectivity index is 1.87. The number of rotatable bonds is 13. The van der Waals surface area contributed by atoms with Crippen LogP contribution in [0.15, 0.2) is 60.7 Å². The smallest absolute Gasteiger partial charge is 0.342 e. The van der Waals surface area contributed by atoms with Crippen LogP contribution in [0.4, 0.5) is 0 Å². The van der Waals surface area contributed by atoms with Crippen LogP contribution in [-0.2, 0) is 27.1 Å². The van der Waals surface area contributed by atoms with Crippen LogP contribution in [0.1, 0.15) is 95.2 Å². The third kappa shape index (κ3) is 6.59. The molecule has 1 unspecified atom stereocenters. The first-order valence-electron chi connectivity index (χ1n) is 14.3. The number of fused-ring (bicyclic) bond motifs is 1. The number of pyridine rings is 1. The molecule has 2 atom stereocenters. The van der Waals surface area contributed by atoms with Gasteiger partial charge in [-0.15, -0.1) is 0 Å². The lowest BCUT2D eigenvalue weighted by Crippen LogP contribution is -2.45. The van der Waals surface area contributed by atoms with E-state index in [4.69, 9.17) is 14.5 Å². The Kier molecular flexibility index (Phi) is 10.1. The van der Waals surface area contributed by atoms with Crippen molar-refractivity contribution in [1.82, 2.24) is 9.88 Å². The first kappa shape index (κ1) is 29.8. The number of esters is 2. The van der Waals surface area contributed by atoms with Gasteiger partial charge < -0.3 is 19.5 Å². The van der Waals surface area contributed by atoms with Gasteiger partial charge in [0.25, 0.3) is 5.91 Å². The summed E-state index contributed by atoms with van der Waals surface area (Å²) in [5.41, 5.74) is 2.23. The highest BCUT2D eigenvalue weighted by Gasteiger charge is 2.48. The summed E-state index contributed by atoms with van der Waals surface area (Å²) < 4.78 is 10.5. The Morgan fingerprint density at radius 1 is 0.976 bits per heavy atom. The maximum Gasteiger partial charge on any atom is 0.342 e. The molecule has 1 amide bonds. The number of methoxy groups -OCH3 is 1. The molecule has 2 heterocycles. The lowest BCUT2D eigenvalue weighted by molar-refractivity contribution is -0.146. The Bertz CT molecular complexity index is 1360. The van der Waals surface area contributed by atoms with E-state index >= 15 is 0 Å². The highest BCUT2D eigenvalue weighted by molar-refractivity contribution is 6.10. The molecule has 0 spiro atoms. The fraction of sp³-hybridized carbons (Fsp3) is 0.394. The van der Waals surface area contributed by atoms with Crippen LogP contribution in [0.25, 0.3) is 0 Å². The van der Waals surface area contributed by atoms with Gasteiger partial charge in [0.05, 0.1) is 36.7 Å². The normalized spacial score (nSPS) is 15.0. The highest BCUT2D eigenvalue weighted by Crippen LogP contribution is 2.43. The van der Waals surface area contributed by atoms with Gasteiger partial charge in [-0.3, -0.25) is 9.78 Å². The van der Waals surface area contributed by atoms with Crippen LogP contribution >= 0.6 is 0 Å². The number of unbranched alkanes of at least 4 members (excludes halogenated alkanes) is 3. The van der Waals surface area contributed by atoms with Crippen molar-refractivity contribution in [3.05, 3.63) is 94.3 Å². The SMILES string of the molecule is CCCCCCC1c2nc(Cc3ccccc3)c(O)c(C(=O)OCC)c2C(=O)N1[C@@H](Cc1ccccc1)C(=O)OC. The van der Waals surface area contributed by atoms with Gasteiger partial charge >= 0.3 is 11.9 Å². The second kappa shape index (κ2) is 13.9. The molecule has 0 saturated heterocycles. The number of carbonyl (C=O) groups excluding carboxylic acids is 3. The Morgan fingerprint density at radius 2 is 1.63 bits per heavy atom. The van der Waals surface area contributed by atoms with Crippen LogP contribution in [0.5, 0.6) is 5.75 Å². The average Bonchev–Trinajstić information content (AvgIpc) is 3.25. The zero-order valence-corrected chi connectivity index (χ0v) is 24.0. The summed E-state index contributed by atoms with van der Waals surface area (Å²) in [4.78, 5) is 47.1. The van der Waals surface area contributed by atoms with E-state index in [-0.39, 0.29) is 42.0 Å². The number of aromatic nitrogens is 1. The molecular weight excluding hydrogens is 520 g/mol. The standard InChI is InChI=1S/C33H38N2O6/c1-4-6-7-14-19-25-29-27(31(37)35(25)26(32(38)40-3)21-23-17-12-9-13-18-23)28(33(39)41-5-2)30(36)24(34-29)20-22-15-10-8-11-16-22/h8-13,15-18,25-26,36H,4-7,14,19-21H2,1-3H3/t25?,26-/m0/s1. The van der Waals surface area contributed by atoms with E-state index in [9.17, 15) is 19.5 Å². The van der Waals surface area contributed by atoms with E-state index in [1.807, 2.05) is 60.7 Å². The number of aromatic hydroxyl groups is 1. The summed E-state index contributed by atoms with van der Waals surface area (Å²) in [7, 11) is 1.30. The second-order valence-corrected chi connectivity index (χ2v) is 10.2. The highest BCUT2D eigenvalue weighted by atomic mass is 16.5. The summed E-state index contributed by atoms with van der Waals surface area (Å²) >= 11 is 0. The molecule has 0 fully saturated rings. The van der Waals surface area contributed by atoms with Gasteiger partial charge in [0, 0.05) is 12.8 Å². The minimum atomic E-state index is -0.949. The minimum absolute atomic E-state index is 0.000202. The van der Waals surface area contributed by atoms with Crippen molar-refractivity contribution in [2.24, 2.45) is 0 Å². The van der Waals surface area contributed by atoms with Crippen LogP contribution in [0.3, 0.4) is 0 Å². The maximum absolute atomic E-state index is 14.3. The van der Waals surface area contributed by atoms with E-state index in [1.54, 1.807) is 6.92 Å². The predicted molar refractivity (Wildman–Crippen MR) is 155 cm³/mol. The molecule has 2 aromatic carbocycles. The van der Waals surface area contributed by atoms with Gasteiger partial charge in [0.2, 0.25) is 0 Å². The fourth-order valence-corrected chi connectivity index (χ4v) is 5.49. The molecule has 0 radical (unpaired) electrons. The third-order valence-corrected chi connectivity index (χ3v) is 7.48. The average molecular weight is 559 g/mol. The van der Waals surface area contributed by atoms with Crippen LogP contribution in [-0.4, -0.2) is 52.6 Å². The molecule has 0 bridgehead atoms. The quantitative estimate of drug-likeness (QED) is 0.209. The number of ether oxygens (including phenoxy) is 2. The van der Waals surface area contributed by atoms with Crippen LogP contribution < -0.4 is 0 Å². The van der Waals surface area contributed by atoms with E-state index in [2.05, 4.69) is 6.92 Å². The van der Waals surface area contributed by atoms with Crippen molar-refractivity contribution in [1.29, 1.82) is 0 Å². The molecule has 1 aliphatic rings. The van der Waals surface area contributed by atoms with Gasteiger partial charge in [0.1, 0.15) is 11.6 Å². The van der Waals surface area contributed by atoms with Crippen molar-refractivity contribution in [2.75, 3.05) is 13.7 Å². The van der Waals surface area contributed by atoms with Crippen LogP contribution in [0.2, 0.25) is 0 Å². The molecule has 41 heavy (non-hydrogen) atoms. The van der Waals surface area contributed by atoms with Gasteiger partial charge in [-0.1, -0.05) is 93.3 Å². The Morgan fingerprint density at radius 3 is 2.24 bits per heavy atom. The summed E-state index contributed by atoms with van der Waals surface area (Å²) in [5, 5.41) is 11.4. The maximum atomic E-state index is 14.3. The Hall–Kier alpha value is -4.20. The Labute approximate surface area is 241 Å². The van der Waals surface area contributed by atoms with Crippen molar-refractivity contribution < 1.29 is 29.0 Å². The van der Waals surface area contributed by atoms with E-state index in [0.29, 0.717) is 12.1 Å². The first-order chi connectivity index (χ1) is 19.9. The number of carbonyl (C=O) groups is 3. The van der Waals surface area contributed by atoms with E-state index in [0.717, 1.165) is 36.8 Å². The summed E-state index contributed by atoms with van der Waals surface area (Å²) in [6.45, 7) is 3.86. The van der Waals surface area contributed by atoms with Gasteiger partial charge in [0.15, 0.2) is 5.75 Å². The number of nitrogens with zero attached hydrogens (tertiary/aromatic N) is 2. The van der Waals surface area contributed by atoms with Gasteiger partial charge in [-0.2, -0.15) is 0 Å². The topological polar surface area (TPSA) is 106 Å². The molecule has 8 heteroatoms. The molecule has 0 aliphatic carbocycles. The number of hydrogen-bond acceptors (Lipinski definition) is 7. The second-order valence-electron chi connectivity index (χ2n) is 10.2. The first-order valence-corrected chi connectivity index (χ1v) is 14.3. The van der Waals surface area contributed by atoms with Gasteiger partial charge in [-0.25, -0.2) is 9.59 Å². The zero-order chi connectivity index (χ0) is 29.4. The summed E-state index contributed by atoms with van der Waals surface area (Å²) in [5.74, 6) is -2.26. The minimum Gasteiger partial charge on any atom is -0.505 e. The zero-order valence-electron chi connectivity index (χ0n) is 24.0. The van der Waals surface area contributed by atoms with E-state index in [1.165, 1.54) is 12.0 Å². The van der Waals surface area contributed by atoms with Crippen molar-refractivity contribution in [3.8, 4) is 5.75 Å². The summed E-state index contributed by atoms with van der Waals surface area (Å²) in [6, 6.07) is 17.4. The number of hydrogen-bond donors (Lipinski definition) is 1. The van der Waals surface area contributed by atoms with Crippen molar-refractivity contribution in [3.63, 3.8) is 0 Å². The molecular formula is C33H38N2O6. The molecule has 0 saturated carbocycles. The largest absolute Gasteiger partial charge is 0.505 e. The molecule has 1 aromatic heterocycles. The van der Waals surface area contributed by atoms with E-state index < -0.39 is 29.9 Å². The van der Waals surface area contributed by atoms with Crippen LogP contribution in [0, 0.1) is 0 Å². The molecule has 8 nitrogen and oxygen atoms in total. The molecule has 3 aromatic rings. The molecule has 216 valence electrons. The lowest BCUT2D eigenvalue weighted by Gasteiger charge is -2.31. The summed E-state index contributed by atoms with van der Waals surface area (Å²) in [6.07, 6.45) is 4.87. The van der Waals surface area contributed by atoms with Gasteiger partial charge in [-0.05, 0) is 24.5 Å². The third-order valence-electron chi connectivity index (χ3n) is 7.48. The molecule has 4 rings (SSSR count). The van der Waals surface area contributed by atoms with Crippen molar-refractivity contribution >= 4 is 17.8 Å². The predicted octanol–water partition coefficient (Wildman–Crippen LogP) is 5.81. The molecule has 1 aliphatic heterocycles. The monoisotopic (exact) mass is 558 g/mol. The fourth-order valence-electron chi connectivity index (χ4n) is 5.49. The molecule has 1 N–H and O–H groups in total.